The standard InChI is InChI=1S/C28H30N2O4S.2H2O.H2/c1-28(2,3)34-27(32)21-11-14-24(29-17-21)30-26(31)25(18-9-12-23(35-4)13-10-18)33-22-15-19-7-5-6-8-20(19)16-22;;;/h5-14,17,22,25H,15-16H2,1-4H3,(H,29,30,31);2*1H2;1H. The molecule has 1 heterocycles. The number of esters is 1. The molecule has 2 aromatic carbocycles. The molecular weight excluding hydrogens is 492 g/mol. The van der Waals surface area contributed by atoms with Crippen molar-refractivity contribution < 1.29 is 31.4 Å². The maximum absolute atomic E-state index is 13.4. The molecule has 1 amide bonds. The van der Waals surface area contributed by atoms with Crippen molar-refractivity contribution in [1.29, 1.82) is 0 Å². The lowest BCUT2D eigenvalue weighted by Gasteiger charge is -2.22. The number of nitrogens with zero attached hydrogens (tertiary/aromatic N) is 1. The van der Waals surface area contributed by atoms with Crippen molar-refractivity contribution in [3.8, 4) is 0 Å². The number of hydrogen-bond acceptors (Lipinski definition) is 6. The van der Waals surface area contributed by atoms with E-state index >= 15 is 0 Å². The third kappa shape index (κ3) is 7.87. The molecule has 0 spiro atoms. The van der Waals surface area contributed by atoms with Crippen LogP contribution >= 0.6 is 11.8 Å². The highest BCUT2D eigenvalue weighted by molar-refractivity contribution is 7.98. The van der Waals surface area contributed by atoms with Gasteiger partial charge in [0.1, 0.15) is 11.4 Å². The number of rotatable bonds is 7. The largest absolute Gasteiger partial charge is 0.456 e. The minimum absolute atomic E-state index is 0. The summed E-state index contributed by atoms with van der Waals surface area (Å²) in [6.07, 6.45) is 4.07. The van der Waals surface area contributed by atoms with E-state index in [0.717, 1.165) is 23.3 Å². The highest BCUT2D eigenvalue weighted by Crippen LogP contribution is 2.30. The smallest absolute Gasteiger partial charge is 0.340 e. The normalized spacial score (nSPS) is 13.5. The number of amides is 1. The minimum atomic E-state index is -0.794. The first-order valence-corrected chi connectivity index (χ1v) is 12.8. The van der Waals surface area contributed by atoms with Gasteiger partial charge in [-0.3, -0.25) is 4.79 Å². The Morgan fingerprint density at radius 1 is 1.00 bits per heavy atom. The highest BCUT2D eigenvalue weighted by atomic mass is 32.2. The van der Waals surface area contributed by atoms with Crippen LogP contribution in [-0.4, -0.2) is 45.8 Å². The summed E-state index contributed by atoms with van der Waals surface area (Å²) in [4.78, 5) is 31.0. The molecule has 5 N–H and O–H groups in total. The second kappa shape index (κ2) is 12.8. The van der Waals surface area contributed by atoms with Crippen molar-refractivity contribution in [3.63, 3.8) is 0 Å². The molecule has 1 atom stereocenters. The molecule has 37 heavy (non-hydrogen) atoms. The van der Waals surface area contributed by atoms with E-state index in [9.17, 15) is 9.59 Å². The maximum Gasteiger partial charge on any atom is 0.340 e. The number of carbonyl (C=O) groups is 2. The minimum Gasteiger partial charge on any atom is -0.456 e. The van der Waals surface area contributed by atoms with E-state index in [-0.39, 0.29) is 24.4 Å². The van der Waals surface area contributed by atoms with Crippen molar-refractivity contribution in [2.45, 2.75) is 56.3 Å². The fraction of sp³-hybridized carbons (Fsp3) is 0.321. The summed E-state index contributed by atoms with van der Waals surface area (Å²) in [5.41, 5.74) is 3.02. The van der Waals surface area contributed by atoms with Gasteiger partial charge in [0.15, 0.2) is 6.10 Å². The van der Waals surface area contributed by atoms with Crippen molar-refractivity contribution in [1.82, 2.24) is 4.98 Å². The van der Waals surface area contributed by atoms with Crippen LogP contribution in [0.3, 0.4) is 0 Å². The van der Waals surface area contributed by atoms with Gasteiger partial charge >= 0.3 is 5.97 Å². The van der Waals surface area contributed by atoms with Crippen LogP contribution in [0.25, 0.3) is 0 Å². The third-order valence-electron chi connectivity index (χ3n) is 5.65. The molecular formula is C28H36N2O6S. The lowest BCUT2D eigenvalue weighted by molar-refractivity contribution is -0.131. The zero-order valence-corrected chi connectivity index (χ0v) is 22.2. The van der Waals surface area contributed by atoms with Crippen molar-refractivity contribution in [3.05, 3.63) is 89.1 Å². The first kappa shape index (κ1) is 30.0. The first-order chi connectivity index (χ1) is 16.7. The topological polar surface area (TPSA) is 141 Å². The Morgan fingerprint density at radius 2 is 1.62 bits per heavy atom. The molecule has 0 saturated heterocycles. The summed E-state index contributed by atoms with van der Waals surface area (Å²) in [5.74, 6) is -0.430. The van der Waals surface area contributed by atoms with Crippen molar-refractivity contribution >= 4 is 29.5 Å². The van der Waals surface area contributed by atoms with Gasteiger partial charge in [-0.15, -0.1) is 11.8 Å². The molecule has 3 aromatic rings. The molecule has 1 aliphatic rings. The molecule has 1 unspecified atom stereocenters. The molecule has 9 heteroatoms. The Morgan fingerprint density at radius 3 is 2.14 bits per heavy atom. The van der Waals surface area contributed by atoms with Crippen LogP contribution in [-0.2, 0) is 27.1 Å². The average molecular weight is 529 g/mol. The average Bonchev–Trinajstić information content (AvgIpc) is 3.24. The van der Waals surface area contributed by atoms with Gasteiger partial charge < -0.3 is 25.7 Å². The summed E-state index contributed by atoms with van der Waals surface area (Å²) in [7, 11) is 0. The summed E-state index contributed by atoms with van der Waals surface area (Å²) in [5, 5.41) is 2.85. The van der Waals surface area contributed by atoms with Crippen LogP contribution in [0.1, 0.15) is 55.4 Å². The second-order valence-corrected chi connectivity index (χ2v) is 10.4. The lowest BCUT2D eigenvalue weighted by Crippen LogP contribution is -2.28. The van der Waals surface area contributed by atoms with Gasteiger partial charge in [-0.05, 0) is 80.8 Å². The third-order valence-corrected chi connectivity index (χ3v) is 6.39. The molecule has 8 nitrogen and oxygen atoms in total. The first-order valence-electron chi connectivity index (χ1n) is 11.6. The molecule has 0 aliphatic heterocycles. The zero-order chi connectivity index (χ0) is 25.0. The van der Waals surface area contributed by atoms with Gasteiger partial charge in [0.2, 0.25) is 0 Å². The van der Waals surface area contributed by atoms with Crippen molar-refractivity contribution in [2.24, 2.45) is 0 Å². The van der Waals surface area contributed by atoms with Crippen LogP contribution in [0.2, 0.25) is 0 Å². The quantitative estimate of drug-likeness (QED) is 0.360. The van der Waals surface area contributed by atoms with Crippen LogP contribution in [0.4, 0.5) is 5.82 Å². The molecule has 1 aliphatic carbocycles. The molecule has 1 aromatic heterocycles. The molecule has 0 bridgehead atoms. The fourth-order valence-electron chi connectivity index (χ4n) is 3.99. The van der Waals surface area contributed by atoms with Gasteiger partial charge in [0.25, 0.3) is 5.91 Å². The Labute approximate surface area is 222 Å². The second-order valence-electron chi connectivity index (χ2n) is 9.51. The number of carbonyl (C=O) groups excluding carboxylic acids is 2. The number of fused-ring (bicyclic) bond motifs is 1. The van der Waals surface area contributed by atoms with E-state index in [1.165, 1.54) is 17.3 Å². The Balaban J connectivity index is 0.00000241. The lowest BCUT2D eigenvalue weighted by atomic mass is 10.1. The number of pyridine rings is 1. The Hall–Kier alpha value is -3.24. The highest BCUT2D eigenvalue weighted by Gasteiger charge is 2.30. The zero-order valence-electron chi connectivity index (χ0n) is 21.4. The number of benzene rings is 2. The number of hydrogen-bond donors (Lipinski definition) is 1. The van der Waals surface area contributed by atoms with Crippen LogP contribution < -0.4 is 5.32 Å². The predicted molar refractivity (Wildman–Crippen MR) is 147 cm³/mol. The predicted octanol–water partition coefficient (Wildman–Crippen LogP) is 4.22. The van der Waals surface area contributed by atoms with Gasteiger partial charge in [0, 0.05) is 12.5 Å². The van der Waals surface area contributed by atoms with E-state index in [0.29, 0.717) is 11.4 Å². The molecule has 4 rings (SSSR count). The van der Waals surface area contributed by atoms with Crippen LogP contribution in [0, 0.1) is 0 Å². The number of aromatic nitrogens is 1. The van der Waals surface area contributed by atoms with Gasteiger partial charge in [0.05, 0.1) is 11.7 Å². The van der Waals surface area contributed by atoms with Crippen LogP contribution in [0.15, 0.2) is 71.8 Å². The van der Waals surface area contributed by atoms with E-state index < -0.39 is 17.7 Å². The fourth-order valence-corrected chi connectivity index (χ4v) is 4.40. The maximum atomic E-state index is 13.4. The number of thioether (sulfide) groups is 1. The van der Waals surface area contributed by atoms with Crippen molar-refractivity contribution in [2.75, 3.05) is 11.6 Å². The number of anilines is 1. The summed E-state index contributed by atoms with van der Waals surface area (Å²) < 4.78 is 11.8. The van der Waals surface area contributed by atoms with Gasteiger partial charge in [-0.25, -0.2) is 9.78 Å². The molecule has 0 saturated carbocycles. The molecule has 0 fully saturated rings. The summed E-state index contributed by atoms with van der Waals surface area (Å²) >= 11 is 1.64. The van der Waals surface area contributed by atoms with Gasteiger partial charge in [-0.1, -0.05) is 36.4 Å². The Kier molecular flexibility index (Phi) is 10.4. The monoisotopic (exact) mass is 528 g/mol. The van der Waals surface area contributed by atoms with E-state index in [2.05, 4.69) is 22.4 Å². The molecule has 200 valence electrons. The SMILES string of the molecule is CSc1ccc(C(OC2Cc3ccccc3C2)C(=O)Nc2ccc(C(=O)OC(C)(C)C)cn2)cc1.O.O.[HH]. The van der Waals surface area contributed by atoms with E-state index in [1.807, 2.05) is 63.4 Å². The van der Waals surface area contributed by atoms with E-state index in [1.54, 1.807) is 23.9 Å². The molecule has 0 radical (unpaired) electrons. The number of nitrogens with one attached hydrogen (secondary N) is 1. The van der Waals surface area contributed by atoms with Crippen LogP contribution in [0.5, 0.6) is 0 Å². The van der Waals surface area contributed by atoms with Gasteiger partial charge in [-0.2, -0.15) is 0 Å². The Bertz CT molecular complexity index is 1170. The number of ether oxygens (including phenoxy) is 2. The van der Waals surface area contributed by atoms with E-state index in [4.69, 9.17) is 9.47 Å². The summed E-state index contributed by atoms with van der Waals surface area (Å²) in [6.45, 7) is 5.42. The summed E-state index contributed by atoms with van der Waals surface area (Å²) in [6, 6.07) is 19.3.